The molecule has 2 aliphatic rings. The zero-order valence-corrected chi connectivity index (χ0v) is 11.7. The van der Waals surface area contributed by atoms with Crippen molar-refractivity contribution in [2.24, 2.45) is 5.92 Å². The molecule has 5 heteroatoms. The van der Waals surface area contributed by atoms with E-state index >= 15 is 0 Å². The summed E-state index contributed by atoms with van der Waals surface area (Å²) >= 11 is 9.35. The molecule has 1 saturated heterocycles. The van der Waals surface area contributed by atoms with Crippen LogP contribution in [0.25, 0.3) is 0 Å². The van der Waals surface area contributed by atoms with Crippen LogP contribution in [0.1, 0.15) is 19.3 Å². The molecule has 0 radical (unpaired) electrons. The molecule has 3 nitrogen and oxygen atoms in total. The predicted octanol–water partition coefficient (Wildman–Crippen LogP) is 3.48. The highest BCUT2D eigenvalue weighted by atomic mass is 79.9. The highest BCUT2D eigenvalue weighted by Gasteiger charge is 2.40. The van der Waals surface area contributed by atoms with Crippen LogP contribution < -0.4 is 5.32 Å². The number of halogens is 2. The Morgan fingerprint density at radius 3 is 2.94 bits per heavy atom. The number of hydrogen-bond acceptors (Lipinski definition) is 3. The van der Waals surface area contributed by atoms with Crippen molar-refractivity contribution < 1.29 is 4.74 Å². The van der Waals surface area contributed by atoms with Gasteiger partial charge in [0.25, 0.3) is 0 Å². The van der Waals surface area contributed by atoms with E-state index in [2.05, 4.69) is 26.2 Å². The van der Waals surface area contributed by atoms with E-state index < -0.39 is 0 Å². The molecule has 2 fully saturated rings. The van der Waals surface area contributed by atoms with Gasteiger partial charge in [-0.25, -0.2) is 4.98 Å². The van der Waals surface area contributed by atoms with Gasteiger partial charge in [0.15, 0.2) is 0 Å². The summed E-state index contributed by atoms with van der Waals surface area (Å²) in [4.78, 5) is 4.31. The summed E-state index contributed by atoms with van der Waals surface area (Å²) in [7, 11) is 0. The van der Waals surface area contributed by atoms with Crippen molar-refractivity contribution in [1.29, 1.82) is 0 Å². The Hall–Kier alpha value is -0.320. The van der Waals surface area contributed by atoms with E-state index in [-0.39, 0.29) is 0 Å². The van der Waals surface area contributed by atoms with Gasteiger partial charge in [-0.15, -0.1) is 0 Å². The minimum atomic E-state index is 0.361. The molecule has 1 aromatic heterocycles. The zero-order chi connectivity index (χ0) is 11.8. The Kier molecular flexibility index (Phi) is 3.28. The lowest BCUT2D eigenvalue weighted by Crippen LogP contribution is -2.31. The van der Waals surface area contributed by atoms with Crippen LogP contribution in [-0.2, 0) is 4.74 Å². The first-order valence-electron chi connectivity index (χ1n) is 5.93. The van der Waals surface area contributed by atoms with Crippen LogP contribution in [0.3, 0.4) is 0 Å². The van der Waals surface area contributed by atoms with E-state index in [1.54, 1.807) is 6.20 Å². The molecule has 1 saturated carbocycles. The first-order valence-corrected chi connectivity index (χ1v) is 7.10. The Morgan fingerprint density at radius 1 is 1.41 bits per heavy atom. The fourth-order valence-corrected chi connectivity index (χ4v) is 3.10. The third-order valence-corrected chi connectivity index (χ3v) is 4.16. The highest BCUT2D eigenvalue weighted by Crippen LogP contribution is 2.40. The highest BCUT2D eigenvalue weighted by molar-refractivity contribution is 9.10. The molecule has 1 N–H and O–H groups in total. The van der Waals surface area contributed by atoms with Crippen molar-refractivity contribution in [2.75, 3.05) is 11.9 Å². The summed E-state index contributed by atoms with van der Waals surface area (Å²) in [5.41, 5.74) is 0. The molecule has 3 rings (SSSR count). The Balaban J connectivity index is 1.72. The van der Waals surface area contributed by atoms with Crippen molar-refractivity contribution in [3.63, 3.8) is 0 Å². The normalized spacial score (nSPS) is 28.4. The number of aromatic nitrogens is 1. The van der Waals surface area contributed by atoms with Crippen LogP contribution in [0, 0.1) is 5.92 Å². The van der Waals surface area contributed by atoms with Crippen LogP contribution >= 0.6 is 27.5 Å². The van der Waals surface area contributed by atoms with Gasteiger partial charge >= 0.3 is 0 Å². The summed E-state index contributed by atoms with van der Waals surface area (Å²) in [5, 5.41) is 4.11. The van der Waals surface area contributed by atoms with E-state index in [1.165, 1.54) is 12.8 Å². The smallest absolute Gasteiger partial charge is 0.140 e. The second-order valence-corrected chi connectivity index (χ2v) is 5.99. The molecule has 1 aliphatic heterocycles. The average molecular weight is 318 g/mol. The summed E-state index contributed by atoms with van der Waals surface area (Å²) in [6, 6.07) is 2.24. The monoisotopic (exact) mass is 316 g/mol. The molecule has 0 spiro atoms. The number of pyridine rings is 1. The SMILES string of the molecule is Clc1cnc(NC2CCOC2C2CC2)c(Br)c1. The molecule has 17 heavy (non-hydrogen) atoms. The number of rotatable bonds is 3. The molecule has 0 bridgehead atoms. The number of anilines is 1. The molecule has 1 aliphatic carbocycles. The lowest BCUT2D eigenvalue weighted by Gasteiger charge is -2.20. The largest absolute Gasteiger partial charge is 0.376 e. The van der Waals surface area contributed by atoms with Crippen LogP contribution in [0.2, 0.25) is 5.02 Å². The molecule has 2 heterocycles. The fraction of sp³-hybridized carbons (Fsp3) is 0.583. The van der Waals surface area contributed by atoms with Gasteiger partial charge in [-0.1, -0.05) is 11.6 Å². The number of ether oxygens (including phenoxy) is 1. The molecule has 1 aromatic rings. The Morgan fingerprint density at radius 2 is 2.24 bits per heavy atom. The fourth-order valence-electron chi connectivity index (χ4n) is 2.35. The molecule has 0 aromatic carbocycles. The number of nitrogens with zero attached hydrogens (tertiary/aromatic N) is 1. The molecular formula is C12H14BrClN2O. The summed E-state index contributed by atoms with van der Waals surface area (Å²) in [5.74, 6) is 1.61. The van der Waals surface area contributed by atoms with Crippen molar-refractivity contribution in [3.8, 4) is 0 Å². The van der Waals surface area contributed by atoms with Gasteiger partial charge in [-0.2, -0.15) is 0 Å². The lowest BCUT2D eigenvalue weighted by atomic mass is 10.1. The Labute approximate surface area is 114 Å². The third-order valence-electron chi connectivity index (χ3n) is 3.35. The molecule has 2 atom stereocenters. The topological polar surface area (TPSA) is 34.2 Å². The maximum absolute atomic E-state index is 5.88. The molecule has 92 valence electrons. The zero-order valence-electron chi connectivity index (χ0n) is 9.33. The van der Waals surface area contributed by atoms with Crippen LogP contribution in [-0.4, -0.2) is 23.7 Å². The second kappa shape index (κ2) is 4.75. The Bertz CT molecular complexity index is 425. The van der Waals surface area contributed by atoms with Gasteiger partial charge < -0.3 is 10.1 Å². The van der Waals surface area contributed by atoms with E-state index in [4.69, 9.17) is 16.3 Å². The molecular weight excluding hydrogens is 304 g/mol. The van der Waals surface area contributed by atoms with E-state index in [1.807, 2.05) is 6.07 Å². The maximum atomic E-state index is 5.88. The maximum Gasteiger partial charge on any atom is 0.140 e. The molecule has 2 unspecified atom stereocenters. The minimum Gasteiger partial charge on any atom is -0.376 e. The summed E-state index contributed by atoms with van der Waals surface area (Å²) < 4.78 is 6.70. The lowest BCUT2D eigenvalue weighted by molar-refractivity contribution is 0.0898. The average Bonchev–Trinajstić information content (AvgIpc) is 3.03. The van der Waals surface area contributed by atoms with Gasteiger partial charge in [-0.3, -0.25) is 0 Å². The molecule has 0 amide bonds. The summed E-state index contributed by atoms with van der Waals surface area (Å²) in [6.45, 7) is 0.851. The van der Waals surface area contributed by atoms with Crippen LogP contribution in [0.5, 0.6) is 0 Å². The van der Waals surface area contributed by atoms with E-state index in [0.717, 1.165) is 29.2 Å². The summed E-state index contributed by atoms with van der Waals surface area (Å²) in [6.07, 6.45) is 5.68. The number of nitrogens with one attached hydrogen (secondary N) is 1. The first kappa shape index (κ1) is 11.8. The van der Waals surface area contributed by atoms with Crippen molar-refractivity contribution in [3.05, 3.63) is 21.8 Å². The van der Waals surface area contributed by atoms with Gasteiger partial charge in [0.2, 0.25) is 0 Å². The van der Waals surface area contributed by atoms with Crippen molar-refractivity contribution >= 4 is 33.3 Å². The number of hydrogen-bond donors (Lipinski definition) is 1. The van der Waals surface area contributed by atoms with Crippen LogP contribution in [0.4, 0.5) is 5.82 Å². The third kappa shape index (κ3) is 2.59. The predicted molar refractivity (Wildman–Crippen MR) is 71.4 cm³/mol. The van der Waals surface area contributed by atoms with Gasteiger partial charge in [-0.05, 0) is 47.2 Å². The van der Waals surface area contributed by atoms with Crippen molar-refractivity contribution in [2.45, 2.75) is 31.4 Å². The second-order valence-electron chi connectivity index (χ2n) is 4.70. The van der Waals surface area contributed by atoms with Gasteiger partial charge in [0.05, 0.1) is 21.6 Å². The van der Waals surface area contributed by atoms with Crippen molar-refractivity contribution in [1.82, 2.24) is 4.98 Å². The van der Waals surface area contributed by atoms with E-state index in [0.29, 0.717) is 17.2 Å². The minimum absolute atomic E-state index is 0.361. The standard InChI is InChI=1S/C12H14BrClN2O/c13-9-5-8(14)6-15-12(9)16-10-3-4-17-11(10)7-1-2-7/h5-7,10-11H,1-4H2,(H,15,16). The quantitative estimate of drug-likeness (QED) is 0.927. The van der Waals surface area contributed by atoms with Crippen LogP contribution in [0.15, 0.2) is 16.7 Å². The van der Waals surface area contributed by atoms with Gasteiger partial charge in [0.1, 0.15) is 5.82 Å². The first-order chi connectivity index (χ1) is 8.24. The van der Waals surface area contributed by atoms with Gasteiger partial charge in [0, 0.05) is 12.8 Å². The van der Waals surface area contributed by atoms with E-state index in [9.17, 15) is 0 Å².